The molecule has 0 aromatic carbocycles. The molecule has 23 heavy (non-hydrogen) atoms. The summed E-state index contributed by atoms with van der Waals surface area (Å²) in [7, 11) is 0. The highest BCUT2D eigenvalue weighted by atomic mass is 14.5. The van der Waals surface area contributed by atoms with Crippen LogP contribution in [0.25, 0.3) is 0 Å². The SMILES string of the molecule is CCCCCCCCCCCCCCCCCCCC/C=C\N. The van der Waals surface area contributed by atoms with Gasteiger partial charge in [0.2, 0.25) is 0 Å². The van der Waals surface area contributed by atoms with Crippen LogP contribution in [0.15, 0.2) is 12.3 Å². The predicted molar refractivity (Wildman–Crippen MR) is 107 cm³/mol. The van der Waals surface area contributed by atoms with Crippen LogP contribution in [-0.2, 0) is 0 Å². The molecule has 0 aliphatic heterocycles. The van der Waals surface area contributed by atoms with Gasteiger partial charge in [0.1, 0.15) is 0 Å². The van der Waals surface area contributed by atoms with E-state index in [4.69, 9.17) is 5.73 Å². The summed E-state index contributed by atoms with van der Waals surface area (Å²) in [6.07, 6.45) is 30.9. The zero-order valence-electron chi connectivity index (χ0n) is 16.2. The van der Waals surface area contributed by atoms with Crippen LogP contribution in [0.1, 0.15) is 129 Å². The molecule has 0 atom stereocenters. The van der Waals surface area contributed by atoms with E-state index in [0.717, 1.165) is 6.42 Å². The fourth-order valence-electron chi connectivity index (χ4n) is 3.26. The number of hydrogen-bond acceptors (Lipinski definition) is 1. The highest BCUT2D eigenvalue weighted by Crippen LogP contribution is 2.14. The average Bonchev–Trinajstić information content (AvgIpc) is 2.57. The monoisotopic (exact) mass is 323 g/mol. The van der Waals surface area contributed by atoms with E-state index in [1.807, 2.05) is 0 Å². The number of unbranched alkanes of at least 4 members (excludes halogenated alkanes) is 18. The van der Waals surface area contributed by atoms with Gasteiger partial charge in [-0.25, -0.2) is 0 Å². The third-order valence-corrected chi connectivity index (χ3v) is 4.86. The molecule has 0 bridgehead atoms. The molecule has 2 N–H and O–H groups in total. The second-order valence-electron chi connectivity index (χ2n) is 7.23. The molecule has 0 unspecified atom stereocenters. The van der Waals surface area contributed by atoms with Gasteiger partial charge in [-0.05, 0) is 19.0 Å². The minimum absolute atomic E-state index is 1.16. The highest BCUT2D eigenvalue weighted by molar-refractivity contribution is 4.74. The number of nitrogens with two attached hydrogens (primary N) is 1. The molecule has 0 aromatic heterocycles. The lowest BCUT2D eigenvalue weighted by molar-refractivity contribution is 0.525. The van der Waals surface area contributed by atoms with E-state index in [9.17, 15) is 0 Å². The van der Waals surface area contributed by atoms with Crippen LogP contribution in [0.5, 0.6) is 0 Å². The highest BCUT2D eigenvalue weighted by Gasteiger charge is 1.94. The molecule has 138 valence electrons. The van der Waals surface area contributed by atoms with E-state index in [1.165, 1.54) is 116 Å². The molecule has 0 saturated carbocycles. The Hall–Kier alpha value is -0.460. The maximum absolute atomic E-state index is 5.32. The maximum Gasteiger partial charge on any atom is -0.0103 e. The predicted octanol–water partition coefficient (Wildman–Crippen LogP) is 7.89. The molecular weight excluding hydrogens is 278 g/mol. The molecule has 0 fully saturated rings. The number of rotatable bonds is 19. The van der Waals surface area contributed by atoms with Gasteiger partial charge in [0.15, 0.2) is 0 Å². The fourth-order valence-corrected chi connectivity index (χ4v) is 3.26. The summed E-state index contributed by atoms with van der Waals surface area (Å²) >= 11 is 0. The first kappa shape index (κ1) is 22.5. The van der Waals surface area contributed by atoms with Gasteiger partial charge in [-0.2, -0.15) is 0 Å². The van der Waals surface area contributed by atoms with Crippen LogP contribution in [0.3, 0.4) is 0 Å². The molecule has 0 amide bonds. The lowest BCUT2D eigenvalue weighted by atomic mass is 10.0. The van der Waals surface area contributed by atoms with Gasteiger partial charge < -0.3 is 5.73 Å². The van der Waals surface area contributed by atoms with Crippen LogP contribution in [0, 0.1) is 0 Å². The Labute approximate surface area is 147 Å². The molecule has 0 aromatic rings. The lowest BCUT2D eigenvalue weighted by Crippen LogP contribution is -1.84. The minimum atomic E-state index is 1.16. The Morgan fingerprint density at radius 1 is 0.478 bits per heavy atom. The summed E-state index contributed by atoms with van der Waals surface area (Å²) < 4.78 is 0. The first-order valence-corrected chi connectivity index (χ1v) is 10.8. The third-order valence-electron chi connectivity index (χ3n) is 4.86. The van der Waals surface area contributed by atoms with Crippen molar-refractivity contribution in [3.8, 4) is 0 Å². The molecule has 0 spiro atoms. The maximum atomic E-state index is 5.32. The number of allylic oxidation sites excluding steroid dienone is 1. The Morgan fingerprint density at radius 2 is 0.783 bits per heavy atom. The third kappa shape index (κ3) is 21.5. The van der Waals surface area contributed by atoms with Crippen molar-refractivity contribution in [3.63, 3.8) is 0 Å². The lowest BCUT2D eigenvalue weighted by Gasteiger charge is -2.03. The van der Waals surface area contributed by atoms with Crippen LogP contribution in [0.2, 0.25) is 0 Å². The van der Waals surface area contributed by atoms with Crippen molar-refractivity contribution in [2.75, 3.05) is 0 Å². The van der Waals surface area contributed by atoms with Crippen molar-refractivity contribution >= 4 is 0 Å². The van der Waals surface area contributed by atoms with Gasteiger partial charge in [0, 0.05) is 0 Å². The normalized spacial score (nSPS) is 11.5. The molecule has 0 radical (unpaired) electrons. The Morgan fingerprint density at radius 3 is 1.09 bits per heavy atom. The van der Waals surface area contributed by atoms with Crippen molar-refractivity contribution < 1.29 is 0 Å². The molecule has 0 rings (SSSR count). The first-order chi connectivity index (χ1) is 11.4. The van der Waals surface area contributed by atoms with Crippen molar-refractivity contribution in [1.82, 2.24) is 0 Å². The van der Waals surface area contributed by atoms with E-state index in [2.05, 4.69) is 13.0 Å². The van der Waals surface area contributed by atoms with E-state index >= 15 is 0 Å². The van der Waals surface area contributed by atoms with Crippen LogP contribution >= 0.6 is 0 Å². The molecule has 0 aliphatic carbocycles. The minimum Gasteiger partial charge on any atom is -0.405 e. The average molecular weight is 324 g/mol. The smallest absolute Gasteiger partial charge is 0.0103 e. The molecule has 0 saturated heterocycles. The molecule has 1 nitrogen and oxygen atoms in total. The summed E-state index contributed by atoms with van der Waals surface area (Å²) in [5.74, 6) is 0. The quantitative estimate of drug-likeness (QED) is 0.240. The van der Waals surface area contributed by atoms with Gasteiger partial charge >= 0.3 is 0 Å². The van der Waals surface area contributed by atoms with Crippen molar-refractivity contribution in [3.05, 3.63) is 12.3 Å². The topological polar surface area (TPSA) is 26.0 Å². The van der Waals surface area contributed by atoms with E-state index in [0.29, 0.717) is 0 Å². The van der Waals surface area contributed by atoms with E-state index < -0.39 is 0 Å². The van der Waals surface area contributed by atoms with Crippen LogP contribution < -0.4 is 5.73 Å². The van der Waals surface area contributed by atoms with Crippen molar-refractivity contribution in [2.45, 2.75) is 129 Å². The zero-order chi connectivity index (χ0) is 16.8. The number of hydrogen-bond donors (Lipinski definition) is 1. The zero-order valence-corrected chi connectivity index (χ0v) is 16.2. The standard InChI is InChI=1S/C22H45N/c1-2-3-4-5-6-7-8-9-10-11-12-13-14-15-16-17-18-19-20-21-22-23/h21-22H,2-20,23H2,1H3/b22-21-. The Balaban J connectivity index is 2.95. The van der Waals surface area contributed by atoms with E-state index in [1.54, 1.807) is 6.20 Å². The summed E-state index contributed by atoms with van der Waals surface area (Å²) in [5.41, 5.74) is 5.32. The van der Waals surface area contributed by atoms with Gasteiger partial charge in [-0.1, -0.05) is 122 Å². The Bertz CT molecular complexity index is 222. The second kappa shape index (κ2) is 21.5. The summed E-state index contributed by atoms with van der Waals surface area (Å²) in [4.78, 5) is 0. The molecule has 0 heterocycles. The summed E-state index contributed by atoms with van der Waals surface area (Å²) in [6.45, 7) is 2.29. The molecular formula is C22H45N. The largest absolute Gasteiger partial charge is 0.405 e. The van der Waals surface area contributed by atoms with Crippen molar-refractivity contribution in [1.29, 1.82) is 0 Å². The first-order valence-electron chi connectivity index (χ1n) is 10.8. The van der Waals surface area contributed by atoms with Gasteiger partial charge in [0.05, 0.1) is 0 Å². The molecule has 0 aliphatic rings. The van der Waals surface area contributed by atoms with Gasteiger partial charge in [-0.15, -0.1) is 0 Å². The Kier molecular flexibility index (Phi) is 21.1. The molecule has 1 heteroatoms. The summed E-state index contributed by atoms with van der Waals surface area (Å²) in [5, 5.41) is 0. The summed E-state index contributed by atoms with van der Waals surface area (Å²) in [6, 6.07) is 0. The second-order valence-corrected chi connectivity index (χ2v) is 7.23. The van der Waals surface area contributed by atoms with Crippen molar-refractivity contribution in [2.24, 2.45) is 5.73 Å². The van der Waals surface area contributed by atoms with Gasteiger partial charge in [0.25, 0.3) is 0 Å². The van der Waals surface area contributed by atoms with E-state index in [-0.39, 0.29) is 0 Å². The fraction of sp³-hybridized carbons (Fsp3) is 0.909. The van der Waals surface area contributed by atoms with Gasteiger partial charge in [-0.3, -0.25) is 0 Å². The van der Waals surface area contributed by atoms with Crippen LogP contribution in [0.4, 0.5) is 0 Å². The van der Waals surface area contributed by atoms with Crippen LogP contribution in [-0.4, -0.2) is 0 Å².